The molecular formula is C18H30N4O10S. The Kier molecular flexibility index (Phi) is 14.4. The van der Waals surface area contributed by atoms with E-state index in [1.165, 1.54) is 11.8 Å². The molecule has 0 aliphatic heterocycles. The summed E-state index contributed by atoms with van der Waals surface area (Å²) in [6, 6.07) is -5.48. The predicted molar refractivity (Wildman–Crippen MR) is 115 cm³/mol. The fraction of sp³-hybridized carbons (Fsp3) is 0.667. The average molecular weight is 495 g/mol. The van der Waals surface area contributed by atoms with Crippen LogP contribution in [0.4, 0.5) is 0 Å². The molecular weight excluding hydrogens is 464 g/mol. The second-order valence-electron chi connectivity index (χ2n) is 6.96. The first-order valence-corrected chi connectivity index (χ1v) is 11.2. The third kappa shape index (κ3) is 12.6. The van der Waals surface area contributed by atoms with E-state index in [1.54, 1.807) is 6.26 Å². The van der Waals surface area contributed by atoms with Gasteiger partial charge in [0.1, 0.15) is 18.1 Å². The van der Waals surface area contributed by atoms with Crippen molar-refractivity contribution in [3.05, 3.63) is 0 Å². The zero-order chi connectivity index (χ0) is 25.6. The van der Waals surface area contributed by atoms with E-state index in [-0.39, 0.29) is 25.7 Å². The predicted octanol–water partition coefficient (Wildman–Crippen LogP) is -2.67. The number of carboxylic acids is 3. The summed E-state index contributed by atoms with van der Waals surface area (Å²) in [7, 11) is 0. The monoisotopic (exact) mass is 494 g/mol. The third-order valence-corrected chi connectivity index (χ3v) is 4.97. The van der Waals surface area contributed by atoms with Crippen LogP contribution >= 0.6 is 11.8 Å². The van der Waals surface area contributed by atoms with Gasteiger partial charge < -0.3 is 42.1 Å². The number of rotatable bonds is 17. The molecule has 0 aromatic rings. The van der Waals surface area contributed by atoms with Crippen LogP contribution in [0.15, 0.2) is 0 Å². The molecule has 0 rings (SSSR count). The van der Waals surface area contributed by atoms with Crippen LogP contribution in [0.1, 0.15) is 32.1 Å². The van der Waals surface area contributed by atoms with Crippen molar-refractivity contribution in [1.29, 1.82) is 0 Å². The molecule has 33 heavy (non-hydrogen) atoms. The van der Waals surface area contributed by atoms with Gasteiger partial charge in [-0.3, -0.25) is 24.0 Å². The first kappa shape index (κ1) is 30.1. The molecule has 0 radical (unpaired) electrons. The van der Waals surface area contributed by atoms with Crippen LogP contribution in [0.25, 0.3) is 0 Å². The summed E-state index contributed by atoms with van der Waals surface area (Å²) in [5.41, 5.74) is 5.56. The Morgan fingerprint density at radius 1 is 0.758 bits per heavy atom. The minimum atomic E-state index is -1.50. The number of aliphatic carboxylic acids is 3. The largest absolute Gasteiger partial charge is 0.481 e. The second kappa shape index (κ2) is 15.8. The molecule has 188 valence electrons. The Morgan fingerprint density at radius 3 is 1.73 bits per heavy atom. The summed E-state index contributed by atoms with van der Waals surface area (Å²) in [5, 5.41) is 42.7. The summed E-state index contributed by atoms with van der Waals surface area (Å²) in [5.74, 6) is -6.18. The lowest BCUT2D eigenvalue weighted by Gasteiger charge is -2.24. The highest BCUT2D eigenvalue weighted by Crippen LogP contribution is 2.05. The van der Waals surface area contributed by atoms with Crippen molar-refractivity contribution in [3.63, 3.8) is 0 Å². The number of thioether (sulfide) groups is 1. The molecule has 0 aromatic carbocycles. The van der Waals surface area contributed by atoms with Crippen molar-refractivity contribution < 1.29 is 49.2 Å². The number of nitrogens with one attached hydrogen (secondary N) is 3. The third-order valence-electron chi connectivity index (χ3n) is 4.33. The van der Waals surface area contributed by atoms with E-state index in [0.717, 1.165) is 0 Å². The standard InChI is InChI=1S/C18H30N4O10S/c1-33-7-6-10(16(29)21-11(18(31)32)3-5-14(26)27)20-17(30)12(8-23)22-15(28)9(19)2-4-13(24)25/h9-12,23H,2-8,19H2,1H3,(H,20,30)(H,21,29)(H,22,28)(H,24,25)(H,26,27)(H,31,32). The number of carboxylic acid groups (broad SMARTS) is 3. The molecule has 0 bridgehead atoms. The van der Waals surface area contributed by atoms with Gasteiger partial charge in [-0.15, -0.1) is 0 Å². The van der Waals surface area contributed by atoms with Crippen LogP contribution in [-0.2, 0) is 28.8 Å². The van der Waals surface area contributed by atoms with Crippen molar-refractivity contribution >= 4 is 47.4 Å². The van der Waals surface area contributed by atoms with Crippen LogP contribution in [0.2, 0.25) is 0 Å². The Morgan fingerprint density at radius 2 is 1.24 bits per heavy atom. The molecule has 3 amide bonds. The summed E-state index contributed by atoms with van der Waals surface area (Å²) < 4.78 is 0. The Labute approximate surface area is 193 Å². The molecule has 0 fully saturated rings. The maximum atomic E-state index is 12.6. The quantitative estimate of drug-likeness (QED) is 0.103. The number of carbonyl (C=O) groups excluding carboxylic acids is 3. The summed E-state index contributed by atoms with van der Waals surface area (Å²) in [6.07, 6.45) is 0.358. The Hall–Kier alpha value is -2.91. The van der Waals surface area contributed by atoms with Crippen molar-refractivity contribution in [2.45, 2.75) is 56.3 Å². The molecule has 0 saturated heterocycles. The van der Waals surface area contributed by atoms with E-state index >= 15 is 0 Å². The first-order valence-electron chi connectivity index (χ1n) is 9.85. The van der Waals surface area contributed by atoms with E-state index < -0.39 is 72.8 Å². The molecule has 14 nitrogen and oxygen atoms in total. The van der Waals surface area contributed by atoms with Crippen LogP contribution in [-0.4, -0.2) is 98.8 Å². The summed E-state index contributed by atoms with van der Waals surface area (Å²) >= 11 is 1.34. The van der Waals surface area contributed by atoms with Gasteiger partial charge in [-0.25, -0.2) is 4.79 Å². The van der Waals surface area contributed by atoms with E-state index in [0.29, 0.717) is 5.75 Å². The highest BCUT2D eigenvalue weighted by molar-refractivity contribution is 7.98. The van der Waals surface area contributed by atoms with Crippen molar-refractivity contribution in [1.82, 2.24) is 16.0 Å². The minimum absolute atomic E-state index is 0.0776. The van der Waals surface area contributed by atoms with Crippen molar-refractivity contribution in [2.24, 2.45) is 5.73 Å². The van der Waals surface area contributed by atoms with E-state index in [1.807, 2.05) is 0 Å². The average Bonchev–Trinajstić information content (AvgIpc) is 2.74. The van der Waals surface area contributed by atoms with Gasteiger partial charge in [0.15, 0.2) is 0 Å². The molecule has 0 spiro atoms. The number of aliphatic hydroxyl groups is 1. The number of aliphatic hydroxyl groups excluding tert-OH is 1. The van der Waals surface area contributed by atoms with Crippen molar-refractivity contribution in [2.75, 3.05) is 18.6 Å². The second-order valence-corrected chi connectivity index (χ2v) is 7.94. The topological polar surface area (TPSA) is 245 Å². The number of amides is 3. The number of hydrogen-bond acceptors (Lipinski definition) is 9. The van der Waals surface area contributed by atoms with Gasteiger partial charge in [0.25, 0.3) is 0 Å². The molecule has 0 heterocycles. The number of nitrogens with two attached hydrogens (primary N) is 1. The first-order chi connectivity index (χ1) is 15.4. The molecule has 0 saturated carbocycles. The maximum absolute atomic E-state index is 12.6. The molecule has 4 atom stereocenters. The smallest absolute Gasteiger partial charge is 0.326 e. The van der Waals surface area contributed by atoms with Crippen LogP contribution < -0.4 is 21.7 Å². The molecule has 0 aliphatic rings. The molecule has 9 N–H and O–H groups in total. The van der Waals surface area contributed by atoms with E-state index in [4.69, 9.17) is 15.9 Å². The zero-order valence-electron chi connectivity index (χ0n) is 18.0. The lowest BCUT2D eigenvalue weighted by atomic mass is 10.1. The highest BCUT2D eigenvalue weighted by Gasteiger charge is 2.30. The summed E-state index contributed by atoms with van der Waals surface area (Å²) in [4.78, 5) is 69.7. The van der Waals surface area contributed by atoms with E-state index in [2.05, 4.69) is 16.0 Å². The minimum Gasteiger partial charge on any atom is -0.481 e. The Balaban J connectivity index is 5.20. The lowest BCUT2D eigenvalue weighted by molar-refractivity contribution is -0.143. The van der Waals surface area contributed by atoms with Gasteiger partial charge >= 0.3 is 17.9 Å². The maximum Gasteiger partial charge on any atom is 0.326 e. The van der Waals surface area contributed by atoms with Crippen LogP contribution in [0.5, 0.6) is 0 Å². The lowest BCUT2D eigenvalue weighted by Crippen LogP contribution is -2.58. The van der Waals surface area contributed by atoms with Gasteiger partial charge in [0.2, 0.25) is 17.7 Å². The number of carbonyl (C=O) groups is 6. The highest BCUT2D eigenvalue weighted by atomic mass is 32.2. The van der Waals surface area contributed by atoms with Gasteiger partial charge in [-0.1, -0.05) is 0 Å². The normalized spacial score (nSPS) is 14.3. The Bertz CT molecular complexity index is 720. The van der Waals surface area contributed by atoms with Gasteiger partial charge in [-0.2, -0.15) is 11.8 Å². The summed E-state index contributed by atoms with van der Waals surface area (Å²) in [6.45, 7) is -0.851. The van der Waals surface area contributed by atoms with Crippen LogP contribution in [0.3, 0.4) is 0 Å². The van der Waals surface area contributed by atoms with Crippen molar-refractivity contribution in [3.8, 4) is 0 Å². The SMILES string of the molecule is CSCCC(NC(=O)C(CO)NC(=O)C(N)CCC(=O)O)C(=O)NC(CCC(=O)O)C(=O)O. The fourth-order valence-electron chi connectivity index (χ4n) is 2.46. The van der Waals surface area contributed by atoms with Gasteiger partial charge in [0, 0.05) is 12.8 Å². The van der Waals surface area contributed by atoms with Crippen LogP contribution in [0, 0.1) is 0 Å². The molecule has 15 heteroatoms. The van der Waals surface area contributed by atoms with Gasteiger partial charge in [0.05, 0.1) is 12.6 Å². The van der Waals surface area contributed by atoms with E-state index in [9.17, 15) is 39.0 Å². The number of hydrogen-bond donors (Lipinski definition) is 8. The molecule has 4 unspecified atom stereocenters. The fourth-order valence-corrected chi connectivity index (χ4v) is 2.93. The molecule has 0 aromatic heterocycles. The van der Waals surface area contributed by atoms with Gasteiger partial charge in [-0.05, 0) is 31.3 Å². The molecule has 0 aliphatic carbocycles. The zero-order valence-corrected chi connectivity index (χ0v) is 18.8.